The van der Waals surface area contributed by atoms with Gasteiger partial charge in [-0.05, 0) is 62.2 Å². The van der Waals surface area contributed by atoms with Crippen LogP contribution in [0.1, 0.15) is 40.5 Å². The van der Waals surface area contributed by atoms with Crippen LogP contribution in [-0.2, 0) is 9.59 Å². The molecule has 176 valence electrons. The van der Waals surface area contributed by atoms with E-state index in [1.807, 2.05) is 13.0 Å². The Balaban J connectivity index is 1.70. The van der Waals surface area contributed by atoms with E-state index >= 15 is 0 Å². The van der Waals surface area contributed by atoms with Gasteiger partial charge in [0.25, 0.3) is 17.7 Å². The maximum Gasteiger partial charge on any atom is 0.274 e. The highest BCUT2D eigenvalue weighted by molar-refractivity contribution is 6.36. The van der Waals surface area contributed by atoms with Gasteiger partial charge < -0.3 is 4.74 Å². The third-order valence-corrected chi connectivity index (χ3v) is 6.69. The van der Waals surface area contributed by atoms with Gasteiger partial charge in [0.1, 0.15) is 12.3 Å². The molecule has 7 nitrogen and oxygen atoms in total. The molecular weight excluding hydrogens is 479 g/mol. The molecule has 1 saturated heterocycles. The summed E-state index contributed by atoms with van der Waals surface area (Å²) in [5.74, 6) is -2.76. The maximum atomic E-state index is 13.6. The predicted molar refractivity (Wildman–Crippen MR) is 127 cm³/mol. The molecule has 2 atom stereocenters. The zero-order valence-electron chi connectivity index (χ0n) is 18.6. The number of allylic oxidation sites excluding steroid dienone is 2. The summed E-state index contributed by atoms with van der Waals surface area (Å²) in [7, 11) is 1.51. The van der Waals surface area contributed by atoms with Crippen LogP contribution in [-0.4, -0.2) is 47.2 Å². The average molecular weight is 501 g/mol. The molecule has 4 rings (SSSR count). The lowest BCUT2D eigenvalue weighted by atomic mass is 9.82. The van der Waals surface area contributed by atoms with E-state index in [2.05, 4.69) is 0 Å². The molecule has 0 N–H and O–H groups in total. The molecular formula is C25H22Cl2N2O5. The number of amides is 3. The lowest BCUT2D eigenvalue weighted by Crippen LogP contribution is -2.52. The van der Waals surface area contributed by atoms with Gasteiger partial charge in [-0.1, -0.05) is 34.9 Å². The Kier molecular flexibility index (Phi) is 6.77. The first-order chi connectivity index (χ1) is 16.2. The number of nitrogens with zero attached hydrogens (tertiary/aromatic N) is 2. The van der Waals surface area contributed by atoms with Gasteiger partial charge in [-0.25, -0.2) is 5.01 Å². The van der Waals surface area contributed by atoms with Crippen molar-refractivity contribution in [3.05, 3.63) is 75.3 Å². The second-order valence-electron chi connectivity index (χ2n) is 8.33. The number of hydrogen-bond donors (Lipinski definition) is 0. The zero-order valence-corrected chi connectivity index (χ0v) is 20.1. The summed E-state index contributed by atoms with van der Waals surface area (Å²) in [6, 6.07) is 10.6. The first-order valence-corrected chi connectivity index (χ1v) is 11.4. The summed E-state index contributed by atoms with van der Waals surface area (Å²) < 4.78 is 5.12. The van der Waals surface area contributed by atoms with Crippen molar-refractivity contribution in [3.63, 3.8) is 0 Å². The van der Waals surface area contributed by atoms with Crippen molar-refractivity contribution >= 4 is 46.7 Å². The van der Waals surface area contributed by atoms with Crippen LogP contribution < -0.4 is 4.74 Å². The summed E-state index contributed by atoms with van der Waals surface area (Å²) in [5.41, 5.74) is 1.34. The van der Waals surface area contributed by atoms with E-state index in [9.17, 15) is 19.2 Å². The first kappa shape index (κ1) is 24.0. The molecule has 0 saturated carbocycles. The largest absolute Gasteiger partial charge is 0.497 e. The number of methoxy groups -OCH3 is 1. The van der Waals surface area contributed by atoms with Gasteiger partial charge in [-0.15, -0.1) is 0 Å². The topological polar surface area (TPSA) is 84.0 Å². The molecule has 9 heteroatoms. The molecule has 0 bridgehead atoms. The molecule has 0 unspecified atom stereocenters. The summed E-state index contributed by atoms with van der Waals surface area (Å²) in [4.78, 5) is 53.3. The van der Waals surface area contributed by atoms with Gasteiger partial charge >= 0.3 is 0 Å². The Labute approximate surface area is 206 Å². The molecule has 2 aliphatic rings. The van der Waals surface area contributed by atoms with Crippen LogP contribution in [0.15, 0.2) is 54.1 Å². The minimum Gasteiger partial charge on any atom is -0.497 e. The Bertz CT molecular complexity index is 1210. The average Bonchev–Trinajstić information content (AvgIpc) is 3.06. The van der Waals surface area contributed by atoms with Crippen molar-refractivity contribution in [1.29, 1.82) is 0 Å². The van der Waals surface area contributed by atoms with Crippen molar-refractivity contribution in [2.75, 3.05) is 13.7 Å². The minimum absolute atomic E-state index is 0.0263. The number of hydrogen-bond acceptors (Lipinski definition) is 5. The number of ketones is 1. The Morgan fingerprint density at radius 3 is 2.38 bits per heavy atom. The van der Waals surface area contributed by atoms with E-state index in [1.54, 1.807) is 24.3 Å². The summed E-state index contributed by atoms with van der Waals surface area (Å²) in [6.45, 7) is 1.38. The normalized spacial score (nSPS) is 19.5. The number of fused-ring (bicyclic) bond motifs is 1. The van der Waals surface area contributed by atoms with Crippen molar-refractivity contribution in [2.45, 2.75) is 19.8 Å². The van der Waals surface area contributed by atoms with Gasteiger partial charge in [0.2, 0.25) is 0 Å². The van der Waals surface area contributed by atoms with Crippen LogP contribution >= 0.6 is 23.2 Å². The number of ether oxygens (including phenoxy) is 1. The number of carbonyl (C=O) groups is 4. The SMILES string of the molecule is COc1ccc(C(=O)CN(C(=O)c2ccc(Cl)cc2Cl)N2C(=O)[C@@H]3CC=C(C)C[C@H]3C2=O)cc1. The highest BCUT2D eigenvalue weighted by Crippen LogP contribution is 2.39. The molecule has 0 aromatic heterocycles. The monoisotopic (exact) mass is 500 g/mol. The molecule has 3 amide bonds. The fourth-order valence-corrected chi connectivity index (χ4v) is 4.79. The molecule has 34 heavy (non-hydrogen) atoms. The fraction of sp³-hybridized carbons (Fsp3) is 0.280. The van der Waals surface area contributed by atoms with E-state index in [0.717, 1.165) is 15.6 Å². The van der Waals surface area contributed by atoms with Gasteiger partial charge in [-0.2, -0.15) is 5.01 Å². The second-order valence-corrected chi connectivity index (χ2v) is 9.17. The van der Waals surface area contributed by atoms with E-state index in [1.165, 1.54) is 25.3 Å². The van der Waals surface area contributed by atoms with Crippen LogP contribution in [0.2, 0.25) is 10.0 Å². The summed E-state index contributed by atoms with van der Waals surface area (Å²) in [5, 5.41) is 2.10. The summed E-state index contributed by atoms with van der Waals surface area (Å²) in [6.07, 6.45) is 2.77. The van der Waals surface area contributed by atoms with Crippen LogP contribution in [0.4, 0.5) is 0 Å². The van der Waals surface area contributed by atoms with Gasteiger partial charge in [0.15, 0.2) is 5.78 Å². The van der Waals surface area contributed by atoms with Crippen LogP contribution in [0.5, 0.6) is 5.75 Å². The lowest BCUT2D eigenvalue weighted by molar-refractivity contribution is -0.154. The van der Waals surface area contributed by atoms with Crippen LogP contribution in [0.3, 0.4) is 0 Å². The Morgan fingerprint density at radius 1 is 1.06 bits per heavy atom. The van der Waals surface area contributed by atoms with Crippen molar-refractivity contribution in [3.8, 4) is 5.75 Å². The zero-order chi connectivity index (χ0) is 24.6. The van der Waals surface area contributed by atoms with Crippen LogP contribution in [0, 0.1) is 11.8 Å². The maximum absolute atomic E-state index is 13.6. The molecule has 1 heterocycles. The number of carbonyl (C=O) groups excluding carboxylic acids is 4. The van der Waals surface area contributed by atoms with Crippen molar-refractivity contribution < 1.29 is 23.9 Å². The number of benzene rings is 2. The Morgan fingerprint density at radius 2 is 1.74 bits per heavy atom. The number of imide groups is 1. The highest BCUT2D eigenvalue weighted by Gasteiger charge is 2.51. The van der Waals surface area contributed by atoms with Crippen LogP contribution in [0.25, 0.3) is 0 Å². The van der Waals surface area contributed by atoms with E-state index in [0.29, 0.717) is 29.2 Å². The van der Waals surface area contributed by atoms with E-state index < -0.39 is 41.9 Å². The van der Waals surface area contributed by atoms with Gasteiger partial charge in [0, 0.05) is 10.6 Å². The smallest absolute Gasteiger partial charge is 0.274 e. The first-order valence-electron chi connectivity index (χ1n) is 10.7. The third kappa shape index (κ3) is 4.45. The molecule has 1 aliphatic carbocycles. The molecule has 0 spiro atoms. The second kappa shape index (κ2) is 9.60. The van der Waals surface area contributed by atoms with Crippen molar-refractivity contribution in [2.24, 2.45) is 11.8 Å². The Hall–Kier alpha value is -3.16. The number of hydrazine groups is 1. The van der Waals surface area contributed by atoms with E-state index in [-0.39, 0.29) is 10.6 Å². The predicted octanol–water partition coefficient (Wildman–Crippen LogP) is 4.58. The molecule has 1 aliphatic heterocycles. The number of rotatable bonds is 6. The molecule has 2 aromatic rings. The molecule has 1 fully saturated rings. The number of halogens is 2. The standard InChI is InChI=1S/C25H22Cl2N2O5/c1-14-3-9-18-20(11-14)25(33)29(24(18)32)28(23(31)19-10-6-16(26)12-21(19)27)13-22(30)15-4-7-17(34-2)8-5-15/h3-8,10,12,18,20H,9,11,13H2,1-2H3/t18-,20-/m1/s1. The van der Waals surface area contributed by atoms with Gasteiger partial charge in [-0.3, -0.25) is 19.2 Å². The summed E-state index contributed by atoms with van der Waals surface area (Å²) >= 11 is 12.2. The minimum atomic E-state index is -0.742. The lowest BCUT2D eigenvalue weighted by Gasteiger charge is -2.30. The third-order valence-electron chi connectivity index (χ3n) is 6.14. The highest BCUT2D eigenvalue weighted by atomic mass is 35.5. The van der Waals surface area contributed by atoms with Crippen molar-refractivity contribution in [1.82, 2.24) is 10.0 Å². The number of Topliss-reactive ketones (excluding diaryl/α,β-unsaturated/α-hetero) is 1. The molecule has 0 radical (unpaired) electrons. The van der Waals surface area contributed by atoms with Gasteiger partial charge in [0.05, 0.1) is 29.5 Å². The quantitative estimate of drug-likeness (QED) is 0.329. The van der Waals surface area contributed by atoms with E-state index in [4.69, 9.17) is 27.9 Å². The fourth-order valence-electron chi connectivity index (χ4n) is 4.30. The molecule has 2 aromatic carbocycles.